The maximum absolute atomic E-state index is 12.3. The second-order valence-corrected chi connectivity index (χ2v) is 8.06. The van der Waals surface area contributed by atoms with Crippen molar-refractivity contribution < 1.29 is 14.3 Å². The van der Waals surface area contributed by atoms with E-state index in [2.05, 4.69) is 27.8 Å². The molecule has 1 amide bonds. The Morgan fingerprint density at radius 1 is 1.21 bits per heavy atom. The van der Waals surface area contributed by atoms with Crippen molar-refractivity contribution in [1.82, 2.24) is 4.98 Å². The zero-order valence-corrected chi connectivity index (χ0v) is 18.4. The van der Waals surface area contributed by atoms with E-state index in [9.17, 15) is 9.59 Å². The second kappa shape index (κ2) is 9.19. The summed E-state index contributed by atoms with van der Waals surface area (Å²) in [5.41, 5.74) is 8.97. The van der Waals surface area contributed by atoms with Gasteiger partial charge in [0.05, 0.1) is 16.9 Å². The highest BCUT2D eigenvalue weighted by molar-refractivity contribution is 9.10. The second-order valence-electron chi connectivity index (χ2n) is 6.30. The molecule has 0 aliphatic carbocycles. The fourth-order valence-electron chi connectivity index (χ4n) is 2.70. The number of aryl methyl sites for hydroxylation is 1. The van der Waals surface area contributed by atoms with Crippen LogP contribution in [0.25, 0.3) is 0 Å². The van der Waals surface area contributed by atoms with Gasteiger partial charge in [-0.1, -0.05) is 35.0 Å². The number of hydrogen-bond acceptors (Lipinski definition) is 6. The standard InChI is InChI=1S/C21H20BrN3O3S/c1-3-14-4-7-17(8-5-14)25(13(2)26)21-24-16(12-29-21)11-28-20(27)18-10-15(22)6-9-19(18)23/h4-10,12H,3,11,23H2,1-2H3. The lowest BCUT2D eigenvalue weighted by Crippen LogP contribution is -2.22. The summed E-state index contributed by atoms with van der Waals surface area (Å²) in [7, 11) is 0. The first-order valence-corrected chi connectivity index (χ1v) is 10.6. The SMILES string of the molecule is CCc1ccc(N(C(C)=O)c2nc(COC(=O)c3cc(Br)ccc3N)cs2)cc1. The van der Waals surface area contributed by atoms with Crippen molar-refractivity contribution in [2.45, 2.75) is 26.9 Å². The van der Waals surface area contributed by atoms with E-state index in [1.165, 1.54) is 23.8 Å². The van der Waals surface area contributed by atoms with Gasteiger partial charge >= 0.3 is 5.97 Å². The molecule has 29 heavy (non-hydrogen) atoms. The molecule has 3 aromatic rings. The van der Waals surface area contributed by atoms with Crippen molar-refractivity contribution in [2.75, 3.05) is 10.6 Å². The molecular formula is C21H20BrN3O3S. The Kier molecular flexibility index (Phi) is 6.66. The smallest absolute Gasteiger partial charge is 0.340 e. The highest BCUT2D eigenvalue weighted by atomic mass is 79.9. The van der Waals surface area contributed by atoms with Crippen LogP contribution < -0.4 is 10.6 Å². The van der Waals surface area contributed by atoms with E-state index < -0.39 is 5.97 Å². The molecule has 1 aromatic heterocycles. The van der Waals surface area contributed by atoms with E-state index in [1.54, 1.807) is 28.5 Å². The molecule has 0 spiro atoms. The molecule has 0 bridgehead atoms. The first-order valence-electron chi connectivity index (χ1n) is 8.95. The molecule has 2 aromatic carbocycles. The Morgan fingerprint density at radius 2 is 1.93 bits per heavy atom. The van der Waals surface area contributed by atoms with Gasteiger partial charge in [-0.05, 0) is 42.3 Å². The van der Waals surface area contributed by atoms with Crippen LogP contribution in [0.5, 0.6) is 0 Å². The predicted molar refractivity (Wildman–Crippen MR) is 118 cm³/mol. The largest absolute Gasteiger partial charge is 0.455 e. The molecule has 150 valence electrons. The van der Waals surface area contributed by atoms with Gasteiger partial charge in [0.15, 0.2) is 5.13 Å². The van der Waals surface area contributed by atoms with Gasteiger partial charge in [-0.15, -0.1) is 11.3 Å². The van der Waals surface area contributed by atoms with Crippen LogP contribution in [0.4, 0.5) is 16.5 Å². The molecule has 0 radical (unpaired) electrons. The van der Waals surface area contributed by atoms with Crippen LogP contribution in [0, 0.1) is 0 Å². The first kappa shape index (κ1) is 21.0. The quantitative estimate of drug-likeness (QED) is 0.397. The number of nitrogens with two attached hydrogens (primary N) is 1. The van der Waals surface area contributed by atoms with E-state index in [0.717, 1.165) is 16.6 Å². The minimum absolute atomic E-state index is 0.0121. The molecule has 0 atom stereocenters. The molecule has 0 saturated heterocycles. The zero-order chi connectivity index (χ0) is 21.0. The van der Waals surface area contributed by atoms with Crippen molar-refractivity contribution in [1.29, 1.82) is 0 Å². The van der Waals surface area contributed by atoms with Crippen LogP contribution in [0.2, 0.25) is 0 Å². The normalized spacial score (nSPS) is 10.6. The summed E-state index contributed by atoms with van der Waals surface area (Å²) in [6, 6.07) is 12.8. The lowest BCUT2D eigenvalue weighted by Gasteiger charge is -2.18. The summed E-state index contributed by atoms with van der Waals surface area (Å²) in [6.45, 7) is 3.56. The van der Waals surface area contributed by atoms with Gasteiger partial charge in [0.2, 0.25) is 5.91 Å². The van der Waals surface area contributed by atoms with Crippen molar-refractivity contribution >= 4 is 55.6 Å². The van der Waals surface area contributed by atoms with Gasteiger partial charge in [0.25, 0.3) is 0 Å². The molecule has 0 unspecified atom stereocenters. The van der Waals surface area contributed by atoms with E-state index in [-0.39, 0.29) is 18.1 Å². The highest BCUT2D eigenvalue weighted by Crippen LogP contribution is 2.29. The topological polar surface area (TPSA) is 85.5 Å². The number of anilines is 3. The number of halogens is 1. The monoisotopic (exact) mass is 473 g/mol. The maximum atomic E-state index is 12.3. The molecule has 3 rings (SSSR count). The third kappa shape index (κ3) is 5.02. The lowest BCUT2D eigenvalue weighted by atomic mass is 10.1. The predicted octanol–water partition coefficient (Wildman–Crippen LogP) is 5.09. The number of amides is 1. The van der Waals surface area contributed by atoms with Crippen LogP contribution in [-0.2, 0) is 22.6 Å². The molecule has 0 aliphatic heterocycles. The number of carbonyl (C=O) groups excluding carboxylic acids is 2. The van der Waals surface area contributed by atoms with Gasteiger partial charge in [-0.2, -0.15) is 0 Å². The van der Waals surface area contributed by atoms with Gasteiger partial charge in [0.1, 0.15) is 6.61 Å². The minimum atomic E-state index is -0.531. The molecule has 1 heterocycles. The Bertz CT molecular complexity index is 1030. The van der Waals surface area contributed by atoms with Crippen molar-refractivity contribution in [3.8, 4) is 0 Å². The summed E-state index contributed by atoms with van der Waals surface area (Å²) in [4.78, 5) is 30.5. The minimum Gasteiger partial charge on any atom is -0.455 e. The van der Waals surface area contributed by atoms with Gasteiger partial charge in [0, 0.05) is 22.5 Å². The third-order valence-electron chi connectivity index (χ3n) is 4.23. The number of nitrogens with zero attached hydrogens (tertiary/aromatic N) is 2. The third-order valence-corrected chi connectivity index (χ3v) is 5.60. The van der Waals surface area contributed by atoms with E-state index >= 15 is 0 Å². The molecule has 0 saturated carbocycles. The van der Waals surface area contributed by atoms with Crippen molar-refractivity contribution in [3.05, 3.63) is 69.1 Å². The summed E-state index contributed by atoms with van der Waals surface area (Å²) in [5.74, 6) is -0.675. The molecule has 0 aliphatic rings. The van der Waals surface area contributed by atoms with E-state index in [0.29, 0.717) is 16.5 Å². The van der Waals surface area contributed by atoms with E-state index in [1.807, 2.05) is 24.3 Å². The Hall–Kier alpha value is -2.71. The summed E-state index contributed by atoms with van der Waals surface area (Å²) >= 11 is 4.63. The van der Waals surface area contributed by atoms with Gasteiger partial charge in [-0.3, -0.25) is 9.69 Å². The number of carbonyl (C=O) groups is 2. The number of hydrogen-bond donors (Lipinski definition) is 1. The molecule has 8 heteroatoms. The van der Waals surface area contributed by atoms with Crippen LogP contribution >= 0.6 is 27.3 Å². The first-order chi connectivity index (χ1) is 13.9. The van der Waals surface area contributed by atoms with Crippen molar-refractivity contribution in [3.63, 3.8) is 0 Å². The fourth-order valence-corrected chi connectivity index (χ4v) is 3.93. The average molecular weight is 474 g/mol. The highest BCUT2D eigenvalue weighted by Gasteiger charge is 2.19. The Labute approximate surface area is 181 Å². The molecule has 6 nitrogen and oxygen atoms in total. The van der Waals surface area contributed by atoms with Crippen molar-refractivity contribution in [2.24, 2.45) is 0 Å². The molecular weight excluding hydrogens is 454 g/mol. The van der Waals surface area contributed by atoms with Gasteiger partial charge in [-0.25, -0.2) is 9.78 Å². The summed E-state index contributed by atoms with van der Waals surface area (Å²) in [6.07, 6.45) is 0.926. The number of rotatable bonds is 6. The number of thiazole rings is 1. The van der Waals surface area contributed by atoms with Crippen LogP contribution in [0.1, 0.15) is 35.5 Å². The van der Waals surface area contributed by atoms with Crippen LogP contribution in [0.3, 0.4) is 0 Å². The fraction of sp³-hybridized carbons (Fsp3) is 0.190. The number of esters is 1. The zero-order valence-electron chi connectivity index (χ0n) is 16.0. The van der Waals surface area contributed by atoms with Crippen LogP contribution in [0.15, 0.2) is 52.3 Å². The molecule has 0 fully saturated rings. The van der Waals surface area contributed by atoms with Crippen LogP contribution in [-0.4, -0.2) is 16.9 Å². The number of benzene rings is 2. The number of nitrogen functional groups attached to an aromatic ring is 1. The maximum Gasteiger partial charge on any atom is 0.340 e. The Morgan fingerprint density at radius 3 is 2.59 bits per heavy atom. The Balaban J connectivity index is 1.73. The van der Waals surface area contributed by atoms with E-state index in [4.69, 9.17) is 10.5 Å². The van der Waals surface area contributed by atoms with Gasteiger partial charge < -0.3 is 10.5 Å². The summed E-state index contributed by atoms with van der Waals surface area (Å²) < 4.78 is 6.08. The lowest BCUT2D eigenvalue weighted by molar-refractivity contribution is -0.115. The average Bonchev–Trinajstić information content (AvgIpc) is 3.16. The summed E-state index contributed by atoms with van der Waals surface area (Å²) in [5, 5.41) is 2.29. The number of aromatic nitrogens is 1. The number of ether oxygens (including phenoxy) is 1. The molecule has 2 N–H and O–H groups in total.